The summed E-state index contributed by atoms with van der Waals surface area (Å²) in [4.78, 5) is 13.2. The number of Topliss-reactive ketones (excluding diaryl/α,β-unsaturated/α-hetero) is 1. The van der Waals surface area contributed by atoms with Gasteiger partial charge in [-0.25, -0.2) is 0 Å². The van der Waals surface area contributed by atoms with Crippen molar-refractivity contribution in [2.75, 3.05) is 13.7 Å². The normalized spacial score (nSPS) is 11.5. The molecule has 0 radical (unpaired) electrons. The van der Waals surface area contributed by atoms with Crippen molar-refractivity contribution in [3.05, 3.63) is 48.0 Å². The van der Waals surface area contributed by atoms with Gasteiger partial charge in [0.2, 0.25) is 0 Å². The highest BCUT2D eigenvalue weighted by Crippen LogP contribution is 2.38. The molecule has 0 aliphatic rings. The molecule has 7 nitrogen and oxygen atoms in total. The van der Waals surface area contributed by atoms with Crippen LogP contribution in [0.5, 0.6) is 17.2 Å². The zero-order chi connectivity index (χ0) is 22.1. The van der Waals surface area contributed by atoms with Crippen LogP contribution in [0.1, 0.15) is 39.7 Å². The second kappa shape index (κ2) is 8.18. The van der Waals surface area contributed by atoms with Gasteiger partial charge in [0.25, 0.3) is 0 Å². The van der Waals surface area contributed by atoms with Gasteiger partial charge < -0.3 is 14.6 Å². The van der Waals surface area contributed by atoms with E-state index >= 15 is 0 Å². The zero-order valence-corrected chi connectivity index (χ0v) is 18.0. The number of carbonyl (C=O) groups is 1. The van der Waals surface area contributed by atoms with Gasteiger partial charge in [0, 0.05) is 24.1 Å². The van der Waals surface area contributed by atoms with Crippen LogP contribution in [0, 0.1) is 0 Å². The summed E-state index contributed by atoms with van der Waals surface area (Å²) in [6.45, 7) is 11.5. The molecule has 0 aliphatic heterocycles. The average molecular weight is 409 g/mol. The fourth-order valence-corrected chi connectivity index (χ4v) is 3.00. The maximum Gasteiger partial charge on any atom is 0.161 e. The lowest BCUT2D eigenvalue weighted by atomic mass is 9.86. The molecule has 0 amide bonds. The summed E-state index contributed by atoms with van der Waals surface area (Å²) in [5.41, 5.74) is 2.57. The predicted octanol–water partition coefficient (Wildman–Crippen LogP) is 4.35. The van der Waals surface area contributed by atoms with E-state index in [1.165, 1.54) is 4.80 Å². The van der Waals surface area contributed by atoms with Gasteiger partial charge in [-0.15, -0.1) is 15.0 Å². The van der Waals surface area contributed by atoms with Crippen molar-refractivity contribution in [1.82, 2.24) is 15.0 Å². The first-order chi connectivity index (χ1) is 14.1. The minimum absolute atomic E-state index is 0.0426. The number of benzene rings is 2. The lowest BCUT2D eigenvalue weighted by Crippen LogP contribution is -2.14. The van der Waals surface area contributed by atoms with Crippen molar-refractivity contribution < 1.29 is 19.4 Å². The highest BCUT2D eigenvalue weighted by molar-refractivity contribution is 5.94. The van der Waals surface area contributed by atoms with Crippen LogP contribution >= 0.6 is 0 Å². The van der Waals surface area contributed by atoms with Crippen LogP contribution in [-0.2, 0) is 10.2 Å². The Bertz CT molecular complexity index is 1110. The molecule has 0 bridgehead atoms. The number of carbonyl (C=O) groups excluding carboxylic acids is 1. The molecule has 7 heteroatoms. The number of hydrogen-bond acceptors (Lipinski definition) is 6. The fraction of sp³-hybridized carbons (Fsp3) is 0.348. The number of aromatic nitrogens is 3. The molecule has 0 unspecified atom stereocenters. The first-order valence-electron chi connectivity index (χ1n) is 9.70. The maximum atomic E-state index is 11.8. The fourth-order valence-electron chi connectivity index (χ4n) is 3.00. The van der Waals surface area contributed by atoms with Crippen LogP contribution in [0.4, 0.5) is 0 Å². The Hall–Kier alpha value is -3.35. The number of methoxy groups -OCH3 is 1. The molecule has 0 fully saturated rings. The average Bonchev–Trinajstić information content (AvgIpc) is 3.10. The van der Waals surface area contributed by atoms with E-state index < -0.39 is 0 Å². The van der Waals surface area contributed by atoms with Gasteiger partial charge in [-0.2, -0.15) is 0 Å². The molecule has 0 spiro atoms. The molecule has 1 N–H and O–H groups in total. The number of ether oxygens (including phenoxy) is 2. The molecule has 158 valence electrons. The van der Waals surface area contributed by atoms with E-state index in [1.54, 1.807) is 38.3 Å². The number of nitrogens with zero attached hydrogens (tertiary/aromatic N) is 3. The Morgan fingerprint density at radius 2 is 1.83 bits per heavy atom. The van der Waals surface area contributed by atoms with E-state index in [-0.39, 0.29) is 30.0 Å². The van der Waals surface area contributed by atoms with Crippen molar-refractivity contribution in [2.24, 2.45) is 0 Å². The SMILES string of the molecule is C=C(C)C(=O)CCOc1cc(-n2nc3ccc(OC)cc3n2)c(O)c(C(C)(C)C)c1. The molecule has 0 aliphatic carbocycles. The van der Waals surface area contributed by atoms with Crippen molar-refractivity contribution in [3.63, 3.8) is 0 Å². The molecule has 1 aromatic heterocycles. The van der Waals surface area contributed by atoms with Gasteiger partial charge in [0.05, 0.1) is 13.7 Å². The number of ketones is 1. The van der Waals surface area contributed by atoms with E-state index in [9.17, 15) is 9.90 Å². The molecule has 0 saturated heterocycles. The molecule has 3 aromatic rings. The van der Waals surface area contributed by atoms with Gasteiger partial charge in [0.1, 0.15) is 34.0 Å². The third kappa shape index (κ3) is 4.45. The van der Waals surface area contributed by atoms with Crippen LogP contribution in [0.2, 0.25) is 0 Å². The van der Waals surface area contributed by atoms with Gasteiger partial charge in [0.15, 0.2) is 5.78 Å². The van der Waals surface area contributed by atoms with Crippen LogP contribution in [0.25, 0.3) is 16.7 Å². The van der Waals surface area contributed by atoms with E-state index in [0.717, 1.165) is 0 Å². The summed E-state index contributed by atoms with van der Waals surface area (Å²) in [7, 11) is 1.59. The lowest BCUT2D eigenvalue weighted by Gasteiger charge is -2.23. The number of aromatic hydroxyl groups is 1. The lowest BCUT2D eigenvalue weighted by molar-refractivity contribution is -0.115. The van der Waals surface area contributed by atoms with Gasteiger partial charge in [-0.3, -0.25) is 4.79 Å². The standard InChI is InChI=1S/C23H27N3O4/c1-14(2)21(27)9-10-30-16-11-17(23(3,4)5)22(28)20(13-16)26-24-18-8-7-15(29-6)12-19(18)25-26/h7-8,11-13,28H,1,9-10H2,2-6H3. The molecular formula is C23H27N3O4. The number of rotatable bonds is 7. The van der Waals surface area contributed by atoms with Gasteiger partial charge in [-0.1, -0.05) is 27.4 Å². The molecule has 0 saturated carbocycles. The Morgan fingerprint density at radius 3 is 2.47 bits per heavy atom. The summed E-state index contributed by atoms with van der Waals surface area (Å²) in [5, 5.41) is 19.9. The Morgan fingerprint density at radius 1 is 1.13 bits per heavy atom. The van der Waals surface area contributed by atoms with Crippen molar-refractivity contribution >= 4 is 16.8 Å². The first kappa shape index (κ1) is 21.4. The summed E-state index contributed by atoms with van der Waals surface area (Å²) in [6, 6.07) is 8.86. The second-order valence-electron chi connectivity index (χ2n) is 8.23. The monoisotopic (exact) mass is 409 g/mol. The second-order valence-corrected chi connectivity index (χ2v) is 8.23. The summed E-state index contributed by atoms with van der Waals surface area (Å²) in [6.07, 6.45) is 0.236. The number of hydrogen-bond donors (Lipinski definition) is 1. The summed E-state index contributed by atoms with van der Waals surface area (Å²) < 4.78 is 11.1. The maximum absolute atomic E-state index is 11.8. The van der Waals surface area contributed by atoms with Crippen LogP contribution in [-0.4, -0.2) is 39.6 Å². The quantitative estimate of drug-likeness (QED) is 0.584. The minimum Gasteiger partial charge on any atom is -0.505 e. The Balaban J connectivity index is 2.02. The van der Waals surface area contributed by atoms with Crippen molar-refractivity contribution in [3.8, 4) is 22.9 Å². The summed E-state index contributed by atoms with van der Waals surface area (Å²) >= 11 is 0. The predicted molar refractivity (Wildman–Crippen MR) is 116 cm³/mol. The highest BCUT2D eigenvalue weighted by Gasteiger charge is 2.24. The van der Waals surface area contributed by atoms with E-state index in [2.05, 4.69) is 16.8 Å². The molecule has 30 heavy (non-hydrogen) atoms. The third-order valence-corrected chi connectivity index (χ3v) is 4.75. The van der Waals surface area contributed by atoms with Crippen LogP contribution in [0.3, 0.4) is 0 Å². The zero-order valence-electron chi connectivity index (χ0n) is 18.0. The smallest absolute Gasteiger partial charge is 0.161 e. The van der Waals surface area contributed by atoms with Crippen LogP contribution in [0.15, 0.2) is 42.5 Å². The van der Waals surface area contributed by atoms with E-state index in [0.29, 0.717) is 39.4 Å². The molecule has 0 atom stereocenters. The van der Waals surface area contributed by atoms with E-state index in [4.69, 9.17) is 9.47 Å². The highest BCUT2D eigenvalue weighted by atomic mass is 16.5. The third-order valence-electron chi connectivity index (χ3n) is 4.75. The van der Waals surface area contributed by atoms with Crippen molar-refractivity contribution in [2.45, 2.75) is 39.5 Å². The van der Waals surface area contributed by atoms with Gasteiger partial charge >= 0.3 is 0 Å². The largest absolute Gasteiger partial charge is 0.505 e. The summed E-state index contributed by atoms with van der Waals surface area (Å²) in [5.74, 6) is 1.24. The molecule has 1 heterocycles. The first-order valence-corrected chi connectivity index (χ1v) is 9.70. The molecular weight excluding hydrogens is 382 g/mol. The van der Waals surface area contributed by atoms with Crippen molar-refractivity contribution in [1.29, 1.82) is 0 Å². The Kier molecular flexibility index (Phi) is 5.82. The molecule has 3 rings (SSSR count). The molecule has 2 aromatic carbocycles. The topological polar surface area (TPSA) is 86.5 Å². The van der Waals surface area contributed by atoms with E-state index in [1.807, 2.05) is 26.8 Å². The number of fused-ring (bicyclic) bond motifs is 1. The number of allylic oxidation sites excluding steroid dienone is 1. The van der Waals surface area contributed by atoms with Gasteiger partial charge in [-0.05, 0) is 36.1 Å². The minimum atomic E-state index is -0.346. The number of phenolic OH excluding ortho intramolecular Hbond substituents is 1. The number of phenols is 1. The van der Waals surface area contributed by atoms with Crippen LogP contribution < -0.4 is 9.47 Å². The Labute approximate surface area is 175 Å².